The Bertz CT molecular complexity index is 1870. The second kappa shape index (κ2) is 30.6. The molecule has 1 aromatic rings. The molecule has 0 aromatic heterocycles. The molecule has 21 nitrogen and oxygen atoms in total. The third-order valence-corrected chi connectivity index (χ3v) is 13.4. The van der Waals surface area contributed by atoms with Crippen LogP contribution in [0.2, 0.25) is 0 Å². The van der Waals surface area contributed by atoms with Crippen molar-refractivity contribution in [2.24, 2.45) is 23.7 Å². The smallest absolute Gasteiger partial charge is 0.329 e. The summed E-state index contributed by atoms with van der Waals surface area (Å²) >= 11 is 0. The summed E-state index contributed by atoms with van der Waals surface area (Å²) in [4.78, 5) is 87.4. The Morgan fingerprint density at radius 2 is 1.65 bits per heavy atom. The third kappa shape index (κ3) is 18.7. The molecular formula is C51H88N8O13. The lowest BCUT2D eigenvalue weighted by molar-refractivity contribution is -0.325. The fourth-order valence-electron chi connectivity index (χ4n) is 8.93. The number of Topliss-reactive ketones (excluding diaryl/α,β-unsaturated/α-hetero) is 1. The molecule has 3 fully saturated rings. The maximum atomic E-state index is 13.5. The van der Waals surface area contributed by atoms with Gasteiger partial charge >= 0.3 is 5.97 Å². The van der Waals surface area contributed by atoms with E-state index in [-0.39, 0.29) is 49.2 Å². The molecule has 0 aliphatic carbocycles. The van der Waals surface area contributed by atoms with E-state index in [1.54, 1.807) is 27.8 Å². The van der Waals surface area contributed by atoms with Gasteiger partial charge in [0.2, 0.25) is 24.0 Å². The molecule has 0 bridgehead atoms. The van der Waals surface area contributed by atoms with Crippen molar-refractivity contribution in [3.05, 3.63) is 35.9 Å². The second-order valence-electron chi connectivity index (χ2n) is 20.5. The lowest BCUT2D eigenvalue weighted by Gasteiger charge is -2.46. The average molecular weight is 1020 g/mol. The van der Waals surface area contributed by atoms with Gasteiger partial charge in [-0.25, -0.2) is 20.7 Å². The molecule has 72 heavy (non-hydrogen) atoms. The number of hydroxylamine groups is 2. The highest BCUT2D eigenvalue weighted by Crippen LogP contribution is 2.40. The molecule has 4 rings (SSSR count). The highest BCUT2D eigenvalue weighted by Gasteiger charge is 2.55. The standard InChI is InChI=1S/C25H46N6O7.C14H27NO4.C12H15NO2/c1-15(2)21(17(5)23(34)30-20(10-8-13-27-30)24(35)31(37)16(3)4)38-25(36)19(11-14-32)28-22(33)18-9-6-7-12-26-29-18;1-9(2)8-11-6-7-14(18,19-10(11)3)13(4,17)12(16)15-5;1-10(15)12(13(2)9-14)8-11-6-4-3-5-7-11/h15-21,26-27,29,32,37H,6-14H2,1-5H3,(H,28,33);9-11,17-18H,6-8H2,1-5H3,(H,15,16);3-7,9,12H,8H2,1-2H3. The van der Waals surface area contributed by atoms with E-state index < -0.39 is 71.3 Å². The number of esters is 1. The maximum Gasteiger partial charge on any atom is 0.329 e. The number of carbonyl (C=O) groups is 7. The van der Waals surface area contributed by atoms with Crippen LogP contribution < -0.4 is 26.9 Å². The summed E-state index contributed by atoms with van der Waals surface area (Å²) in [6.45, 7) is 18.4. The number of amides is 5. The SMILES string of the molecule is CC(=O)C(Cc1ccccc1)N(C)C=O.CC(C)C(OC(=O)C(CCO)NC(=O)C1CCCCNN1)C(C)C(=O)N1NCCCC1C(=O)N(O)C(C)C.CNC(=O)C(C)(O)C1(O)CCC(CC(C)C)C(C)O1. The monoisotopic (exact) mass is 1020 g/mol. The van der Waals surface area contributed by atoms with Crippen LogP contribution in [0.5, 0.6) is 0 Å². The minimum Gasteiger partial charge on any atom is -0.460 e. The molecule has 1 aromatic carbocycles. The van der Waals surface area contributed by atoms with Crippen molar-refractivity contribution < 1.29 is 63.6 Å². The van der Waals surface area contributed by atoms with E-state index in [0.717, 1.165) is 37.8 Å². The number of hydrazine groups is 2. The molecule has 0 saturated carbocycles. The first-order valence-corrected chi connectivity index (χ1v) is 25.5. The van der Waals surface area contributed by atoms with Crippen LogP contribution in [0.4, 0.5) is 0 Å². The minimum atomic E-state index is -1.95. The van der Waals surface area contributed by atoms with E-state index in [0.29, 0.717) is 55.5 Å². The number of benzene rings is 1. The van der Waals surface area contributed by atoms with Gasteiger partial charge in [0.15, 0.2) is 11.4 Å². The van der Waals surface area contributed by atoms with Gasteiger partial charge < -0.3 is 40.3 Å². The number of hydrogen-bond acceptors (Lipinski definition) is 16. The predicted molar refractivity (Wildman–Crippen MR) is 269 cm³/mol. The van der Waals surface area contributed by atoms with Crippen LogP contribution in [0.3, 0.4) is 0 Å². The van der Waals surface area contributed by atoms with E-state index in [1.165, 1.54) is 30.8 Å². The van der Waals surface area contributed by atoms with Gasteiger partial charge in [-0.05, 0) is 116 Å². The first-order chi connectivity index (χ1) is 33.8. The molecule has 10 atom stereocenters. The predicted octanol–water partition coefficient (Wildman–Crippen LogP) is 2.13. The Labute approximate surface area is 426 Å². The Hall–Kier alpha value is -4.61. The van der Waals surface area contributed by atoms with Crippen molar-refractivity contribution in [3.63, 3.8) is 0 Å². The van der Waals surface area contributed by atoms with Gasteiger partial charge in [0, 0.05) is 46.6 Å². The Morgan fingerprint density at radius 3 is 2.19 bits per heavy atom. The zero-order valence-electron chi connectivity index (χ0n) is 44.8. The van der Waals surface area contributed by atoms with E-state index in [2.05, 4.69) is 40.8 Å². The fraction of sp³-hybridized carbons (Fsp3) is 0.745. The third-order valence-electron chi connectivity index (χ3n) is 13.4. The molecule has 3 aliphatic heterocycles. The van der Waals surface area contributed by atoms with Gasteiger partial charge in [-0.1, -0.05) is 58.0 Å². The zero-order valence-corrected chi connectivity index (χ0v) is 44.8. The topological polar surface area (TPSA) is 289 Å². The lowest BCUT2D eigenvalue weighted by Crippen LogP contribution is -2.64. The number of rotatable bonds is 20. The Morgan fingerprint density at radius 1 is 1.00 bits per heavy atom. The molecule has 3 heterocycles. The van der Waals surface area contributed by atoms with Crippen LogP contribution in [0, 0.1) is 23.7 Å². The number of nitrogens with one attached hydrogen (secondary N) is 5. The number of likely N-dealkylation sites (N-methyl/N-ethyl adjacent to an activating group) is 2. The van der Waals surface area contributed by atoms with Crippen molar-refractivity contribution >= 4 is 41.8 Å². The van der Waals surface area contributed by atoms with Crippen molar-refractivity contribution in [1.29, 1.82) is 0 Å². The fourth-order valence-corrected chi connectivity index (χ4v) is 8.93. The number of ether oxygens (including phenoxy) is 2. The molecule has 3 saturated heterocycles. The number of nitrogens with zero attached hydrogens (tertiary/aromatic N) is 3. The molecule has 10 unspecified atom stereocenters. The van der Waals surface area contributed by atoms with Crippen LogP contribution in [-0.2, 0) is 49.5 Å². The summed E-state index contributed by atoms with van der Waals surface area (Å²) in [6, 6.07) is 6.37. The molecule has 410 valence electrons. The summed E-state index contributed by atoms with van der Waals surface area (Å²) in [6.07, 6.45) is 5.60. The molecule has 0 radical (unpaired) electrons. The van der Waals surface area contributed by atoms with Crippen LogP contribution in [0.15, 0.2) is 30.3 Å². The maximum absolute atomic E-state index is 13.5. The lowest BCUT2D eigenvalue weighted by atomic mass is 9.80. The van der Waals surface area contributed by atoms with Gasteiger partial charge in [0.05, 0.1) is 30.1 Å². The molecule has 21 heteroatoms. The van der Waals surface area contributed by atoms with Gasteiger partial charge in [0.25, 0.3) is 11.8 Å². The number of aliphatic hydroxyl groups excluding tert-OH is 1. The normalized spacial score (nSPS) is 23.7. The first kappa shape index (κ1) is 63.5. The van der Waals surface area contributed by atoms with Crippen molar-refractivity contribution in [2.45, 2.75) is 187 Å². The summed E-state index contributed by atoms with van der Waals surface area (Å²) in [7, 11) is 3.05. The van der Waals surface area contributed by atoms with Gasteiger partial charge in [-0.15, -0.1) is 0 Å². The summed E-state index contributed by atoms with van der Waals surface area (Å²) in [5, 5.41) is 47.4. The van der Waals surface area contributed by atoms with Gasteiger partial charge in [0.1, 0.15) is 18.2 Å². The molecule has 9 N–H and O–H groups in total. The van der Waals surface area contributed by atoms with Crippen LogP contribution in [0.25, 0.3) is 0 Å². The quantitative estimate of drug-likeness (QED) is 0.0392. The van der Waals surface area contributed by atoms with E-state index in [1.807, 2.05) is 51.1 Å². The minimum absolute atomic E-state index is 0.00783. The Balaban J connectivity index is 0.000000430. The highest BCUT2D eigenvalue weighted by atomic mass is 16.6. The van der Waals surface area contributed by atoms with Crippen LogP contribution >= 0.6 is 0 Å². The highest BCUT2D eigenvalue weighted by molar-refractivity contribution is 5.90. The van der Waals surface area contributed by atoms with Crippen molar-refractivity contribution in [1.82, 2.24) is 41.9 Å². The van der Waals surface area contributed by atoms with Crippen LogP contribution in [0.1, 0.15) is 133 Å². The van der Waals surface area contributed by atoms with Gasteiger partial charge in [-0.3, -0.25) is 44.4 Å². The second-order valence-corrected chi connectivity index (χ2v) is 20.5. The first-order valence-electron chi connectivity index (χ1n) is 25.5. The molecule has 0 spiro atoms. The van der Waals surface area contributed by atoms with Crippen molar-refractivity contribution in [3.8, 4) is 0 Å². The van der Waals surface area contributed by atoms with Crippen LogP contribution in [-0.4, -0.2) is 165 Å². The number of hydrogen-bond donors (Lipinski definition) is 9. The summed E-state index contributed by atoms with van der Waals surface area (Å²) in [5.41, 5.74) is 8.00. The molecule has 3 aliphatic rings. The summed E-state index contributed by atoms with van der Waals surface area (Å²) < 4.78 is 11.4. The molecular weight excluding hydrogens is 933 g/mol. The van der Waals surface area contributed by atoms with E-state index >= 15 is 0 Å². The van der Waals surface area contributed by atoms with Crippen molar-refractivity contribution in [2.75, 3.05) is 33.8 Å². The largest absolute Gasteiger partial charge is 0.460 e. The molecule has 5 amide bonds. The van der Waals surface area contributed by atoms with E-state index in [4.69, 9.17) is 9.47 Å². The average Bonchev–Trinajstić information content (AvgIpc) is 3.64. The number of aliphatic hydroxyl groups is 3. The number of ketones is 1. The summed E-state index contributed by atoms with van der Waals surface area (Å²) in [5.74, 6) is -4.78. The van der Waals surface area contributed by atoms with E-state index in [9.17, 15) is 54.1 Å². The number of carbonyl (C=O) groups excluding carboxylic acids is 7. The zero-order chi connectivity index (χ0) is 54.5. The van der Waals surface area contributed by atoms with Gasteiger partial charge in [-0.2, -0.15) is 0 Å². The Kier molecular flexibility index (Phi) is 26.9.